The van der Waals surface area contributed by atoms with Crippen molar-refractivity contribution < 1.29 is 19.4 Å². The van der Waals surface area contributed by atoms with Crippen LogP contribution in [-0.2, 0) is 10.3 Å². The van der Waals surface area contributed by atoms with E-state index < -0.39 is 11.5 Å². The number of hydrogen-bond donors (Lipinski definition) is 2. The summed E-state index contributed by atoms with van der Waals surface area (Å²) in [4.78, 5) is 27.8. The highest BCUT2D eigenvalue weighted by molar-refractivity contribution is 6.03. The lowest BCUT2D eigenvalue weighted by Gasteiger charge is -2.19. The number of aliphatic carboxylic acids is 1. The molecule has 0 atom stereocenters. The van der Waals surface area contributed by atoms with Gasteiger partial charge in [-0.15, -0.1) is 0 Å². The zero-order valence-electron chi connectivity index (χ0n) is 14.8. The molecule has 1 saturated carbocycles. The molecule has 2 aromatic heterocycles. The van der Waals surface area contributed by atoms with Gasteiger partial charge >= 0.3 is 5.97 Å². The number of ether oxygens (including phenoxy) is 1. The molecule has 1 aliphatic carbocycles. The molecule has 0 aliphatic heterocycles. The molecule has 2 heterocycles. The van der Waals surface area contributed by atoms with Crippen molar-refractivity contribution in [2.45, 2.75) is 51.2 Å². The number of aromatic nitrogens is 3. The third-order valence-electron chi connectivity index (χ3n) is 4.52. The van der Waals surface area contributed by atoms with E-state index in [0.29, 0.717) is 17.1 Å². The van der Waals surface area contributed by atoms with Crippen molar-refractivity contribution >= 4 is 17.6 Å². The molecule has 26 heavy (non-hydrogen) atoms. The first-order valence-corrected chi connectivity index (χ1v) is 8.59. The smallest absolute Gasteiger partial charge is 0.331 e. The van der Waals surface area contributed by atoms with Crippen molar-refractivity contribution in [1.82, 2.24) is 14.8 Å². The van der Waals surface area contributed by atoms with Gasteiger partial charge in [0.15, 0.2) is 5.54 Å². The Balaban J connectivity index is 1.63. The van der Waals surface area contributed by atoms with Crippen LogP contribution in [0.15, 0.2) is 30.7 Å². The van der Waals surface area contributed by atoms with Crippen molar-refractivity contribution in [3.8, 4) is 5.88 Å². The summed E-state index contributed by atoms with van der Waals surface area (Å²) in [6, 6.07) is 3.34. The van der Waals surface area contributed by atoms with Gasteiger partial charge in [0.2, 0.25) is 5.88 Å². The maximum Gasteiger partial charge on any atom is 0.331 e. The largest absolute Gasteiger partial charge is 0.479 e. The van der Waals surface area contributed by atoms with Crippen LogP contribution in [0.2, 0.25) is 0 Å². The van der Waals surface area contributed by atoms with E-state index in [1.807, 2.05) is 0 Å². The van der Waals surface area contributed by atoms with Crippen LogP contribution < -0.4 is 10.1 Å². The van der Waals surface area contributed by atoms with Crippen LogP contribution in [-0.4, -0.2) is 37.9 Å². The molecular weight excluding hydrogens is 336 g/mol. The quantitative estimate of drug-likeness (QED) is 0.822. The third kappa shape index (κ3) is 3.84. The second kappa shape index (κ2) is 7.15. The molecule has 2 aromatic rings. The predicted octanol–water partition coefficient (Wildman–Crippen LogP) is 2.67. The van der Waals surface area contributed by atoms with Crippen LogP contribution in [0.1, 0.15) is 49.9 Å². The molecule has 1 aliphatic rings. The zero-order chi connectivity index (χ0) is 18.7. The summed E-state index contributed by atoms with van der Waals surface area (Å²) in [5.41, 5.74) is -0.409. The van der Waals surface area contributed by atoms with Crippen LogP contribution in [0.5, 0.6) is 5.88 Å². The minimum Gasteiger partial charge on any atom is -0.479 e. The van der Waals surface area contributed by atoms with Gasteiger partial charge in [-0.1, -0.05) is 0 Å². The van der Waals surface area contributed by atoms with Crippen LogP contribution in [0, 0.1) is 0 Å². The van der Waals surface area contributed by atoms with Crippen molar-refractivity contribution in [2.24, 2.45) is 0 Å². The topological polar surface area (TPSA) is 106 Å². The van der Waals surface area contributed by atoms with Crippen LogP contribution in [0.3, 0.4) is 0 Å². The summed E-state index contributed by atoms with van der Waals surface area (Å²) in [7, 11) is 0. The average Bonchev–Trinajstić information content (AvgIpc) is 3.27. The molecular formula is C18H22N4O4. The van der Waals surface area contributed by atoms with E-state index in [2.05, 4.69) is 15.4 Å². The van der Waals surface area contributed by atoms with Gasteiger partial charge in [0.25, 0.3) is 5.91 Å². The highest BCUT2D eigenvalue weighted by atomic mass is 16.5. The third-order valence-corrected chi connectivity index (χ3v) is 4.52. The second-order valence-electron chi connectivity index (χ2n) is 6.90. The molecule has 0 saturated heterocycles. The zero-order valence-corrected chi connectivity index (χ0v) is 14.8. The number of rotatable bonds is 6. The Morgan fingerprint density at radius 2 is 2.00 bits per heavy atom. The fourth-order valence-electron chi connectivity index (χ4n) is 2.76. The van der Waals surface area contributed by atoms with E-state index in [4.69, 9.17) is 4.74 Å². The number of hydrogen-bond acceptors (Lipinski definition) is 5. The molecule has 0 spiro atoms. The summed E-state index contributed by atoms with van der Waals surface area (Å²) >= 11 is 0. The number of nitrogens with zero attached hydrogens (tertiary/aromatic N) is 3. The SMILES string of the molecule is CC(C)(C(=O)O)n1cc(NC(=O)c2ccc(OC3CCCC3)nc2)cn1. The normalized spacial score (nSPS) is 15.0. The minimum atomic E-state index is -1.20. The number of anilines is 1. The van der Waals surface area contributed by atoms with Gasteiger partial charge in [-0.3, -0.25) is 9.48 Å². The predicted molar refractivity (Wildman–Crippen MR) is 94.3 cm³/mol. The summed E-state index contributed by atoms with van der Waals surface area (Å²) in [6.45, 7) is 3.06. The van der Waals surface area contributed by atoms with E-state index in [1.165, 1.54) is 50.0 Å². The van der Waals surface area contributed by atoms with Crippen molar-refractivity contribution in [3.05, 3.63) is 36.3 Å². The van der Waals surface area contributed by atoms with Gasteiger partial charge in [-0.25, -0.2) is 9.78 Å². The van der Waals surface area contributed by atoms with E-state index >= 15 is 0 Å². The molecule has 2 N–H and O–H groups in total. The Morgan fingerprint density at radius 3 is 2.62 bits per heavy atom. The Labute approximate surface area is 151 Å². The Morgan fingerprint density at radius 1 is 1.27 bits per heavy atom. The number of carboxylic acid groups (broad SMARTS) is 1. The molecule has 0 radical (unpaired) electrons. The lowest BCUT2D eigenvalue weighted by molar-refractivity contribution is -0.146. The highest BCUT2D eigenvalue weighted by Crippen LogP contribution is 2.23. The number of amides is 1. The fourth-order valence-corrected chi connectivity index (χ4v) is 2.76. The Kier molecular flexibility index (Phi) is 4.92. The summed E-state index contributed by atoms with van der Waals surface area (Å²) in [5.74, 6) is -0.845. The lowest BCUT2D eigenvalue weighted by Crippen LogP contribution is -2.35. The fraction of sp³-hybridized carbons (Fsp3) is 0.444. The average molecular weight is 358 g/mol. The monoisotopic (exact) mass is 358 g/mol. The van der Waals surface area contributed by atoms with Crippen molar-refractivity contribution in [1.29, 1.82) is 0 Å². The molecule has 1 fully saturated rings. The van der Waals surface area contributed by atoms with Gasteiger partial charge in [-0.05, 0) is 45.6 Å². The Bertz CT molecular complexity index is 792. The number of nitrogens with one attached hydrogen (secondary N) is 1. The molecule has 1 amide bonds. The number of carbonyl (C=O) groups excluding carboxylic acids is 1. The first-order chi connectivity index (χ1) is 12.4. The first-order valence-electron chi connectivity index (χ1n) is 8.59. The van der Waals surface area contributed by atoms with E-state index in [0.717, 1.165) is 12.8 Å². The number of carbonyl (C=O) groups is 2. The number of pyridine rings is 1. The highest BCUT2D eigenvalue weighted by Gasteiger charge is 2.30. The molecule has 0 unspecified atom stereocenters. The molecule has 8 nitrogen and oxygen atoms in total. The molecule has 0 aromatic carbocycles. The standard InChI is InChI=1S/C18H22N4O4/c1-18(2,17(24)25)22-11-13(10-20-22)21-16(23)12-7-8-15(19-9-12)26-14-5-3-4-6-14/h7-11,14H,3-6H2,1-2H3,(H,21,23)(H,24,25). The molecule has 3 rings (SSSR count). The molecule has 138 valence electrons. The van der Waals surface area contributed by atoms with Crippen LogP contribution in [0.4, 0.5) is 5.69 Å². The first kappa shape index (κ1) is 17.9. The second-order valence-corrected chi connectivity index (χ2v) is 6.90. The summed E-state index contributed by atoms with van der Waals surface area (Å²) in [5, 5.41) is 15.9. The lowest BCUT2D eigenvalue weighted by atomic mass is 10.1. The van der Waals surface area contributed by atoms with Gasteiger partial charge < -0.3 is 15.2 Å². The maximum atomic E-state index is 12.3. The van der Waals surface area contributed by atoms with Gasteiger partial charge in [0, 0.05) is 18.5 Å². The van der Waals surface area contributed by atoms with Crippen molar-refractivity contribution in [3.63, 3.8) is 0 Å². The molecule has 0 bridgehead atoms. The Hall–Kier alpha value is -2.90. The van der Waals surface area contributed by atoms with Crippen LogP contribution >= 0.6 is 0 Å². The van der Waals surface area contributed by atoms with Crippen molar-refractivity contribution in [2.75, 3.05) is 5.32 Å². The minimum absolute atomic E-state index is 0.214. The van der Waals surface area contributed by atoms with E-state index in [-0.39, 0.29) is 12.0 Å². The van der Waals surface area contributed by atoms with E-state index in [1.54, 1.807) is 12.1 Å². The molecule has 8 heteroatoms. The van der Waals surface area contributed by atoms with Gasteiger partial charge in [0.05, 0.1) is 17.4 Å². The van der Waals surface area contributed by atoms with Gasteiger partial charge in [-0.2, -0.15) is 5.10 Å². The van der Waals surface area contributed by atoms with Crippen LogP contribution in [0.25, 0.3) is 0 Å². The summed E-state index contributed by atoms with van der Waals surface area (Å²) < 4.78 is 7.07. The maximum absolute atomic E-state index is 12.3. The summed E-state index contributed by atoms with van der Waals surface area (Å²) in [6.07, 6.45) is 9.01. The van der Waals surface area contributed by atoms with Gasteiger partial charge in [0.1, 0.15) is 6.10 Å². The number of carboxylic acids is 1. The van der Waals surface area contributed by atoms with E-state index in [9.17, 15) is 14.7 Å².